The van der Waals surface area contributed by atoms with Gasteiger partial charge in [0.2, 0.25) is 0 Å². The SMILES string of the molecule is CCc1c[nH]c2cc(C)c(O)c-2c1. The fourth-order valence-electron chi connectivity index (χ4n) is 1.57. The van der Waals surface area contributed by atoms with E-state index in [9.17, 15) is 5.11 Å². The topological polar surface area (TPSA) is 36.0 Å². The zero-order chi connectivity index (χ0) is 9.42. The van der Waals surface area contributed by atoms with Crippen LogP contribution in [0.4, 0.5) is 0 Å². The Labute approximate surface area is 77.6 Å². The smallest absolute Gasteiger partial charge is 0.127 e. The maximum absolute atomic E-state index is 9.70. The summed E-state index contributed by atoms with van der Waals surface area (Å²) in [6, 6.07) is 4.00. The van der Waals surface area contributed by atoms with Crippen LogP contribution in [0.5, 0.6) is 5.75 Å². The number of rotatable bonds is 1. The fourth-order valence-corrected chi connectivity index (χ4v) is 1.57. The number of nitrogens with one attached hydrogen (secondary N) is 1. The van der Waals surface area contributed by atoms with Gasteiger partial charge in [0.25, 0.3) is 0 Å². The Balaban J connectivity index is 2.68. The normalized spacial score (nSPS) is 10.9. The first-order valence-corrected chi connectivity index (χ1v) is 4.52. The summed E-state index contributed by atoms with van der Waals surface area (Å²) in [6.45, 7) is 4.01. The highest BCUT2D eigenvalue weighted by molar-refractivity contribution is 5.74. The lowest BCUT2D eigenvalue weighted by Gasteiger charge is -2.02. The predicted molar refractivity (Wildman–Crippen MR) is 53.2 cm³/mol. The molecule has 0 aromatic heterocycles. The van der Waals surface area contributed by atoms with Crippen molar-refractivity contribution in [3.8, 4) is 17.0 Å². The standard InChI is InChI=1S/C11H13NO/c1-3-8-5-9-10(12-6-8)4-7(2)11(9)13/h4-6,12-13H,3H2,1-2H3. The highest BCUT2D eigenvalue weighted by atomic mass is 16.3. The highest BCUT2D eigenvalue weighted by Gasteiger charge is 2.12. The minimum atomic E-state index is 0.404. The summed E-state index contributed by atoms with van der Waals surface area (Å²) in [5.41, 5.74) is 4.08. The maximum atomic E-state index is 9.70. The number of hydrogen-bond donors (Lipinski definition) is 2. The average Bonchev–Trinajstić information content (AvgIpc) is 2.43. The molecule has 0 bridgehead atoms. The van der Waals surface area contributed by atoms with Crippen LogP contribution in [0, 0.1) is 6.92 Å². The van der Waals surface area contributed by atoms with Crippen molar-refractivity contribution in [3.05, 3.63) is 29.5 Å². The number of hydrogen-bond acceptors (Lipinski definition) is 1. The average molecular weight is 175 g/mol. The Morgan fingerprint density at radius 1 is 1.38 bits per heavy atom. The monoisotopic (exact) mass is 175 g/mol. The number of aromatic nitrogens is 1. The van der Waals surface area contributed by atoms with Crippen LogP contribution in [0.3, 0.4) is 0 Å². The van der Waals surface area contributed by atoms with Crippen LogP contribution < -0.4 is 0 Å². The molecule has 2 rings (SSSR count). The van der Waals surface area contributed by atoms with Gasteiger partial charge >= 0.3 is 0 Å². The molecule has 13 heavy (non-hydrogen) atoms. The Morgan fingerprint density at radius 2 is 2.15 bits per heavy atom. The largest absolute Gasteiger partial charge is 0.507 e. The lowest BCUT2D eigenvalue weighted by molar-refractivity contribution is 0.475. The van der Waals surface area contributed by atoms with E-state index in [4.69, 9.17) is 0 Å². The third-order valence-electron chi connectivity index (χ3n) is 2.43. The van der Waals surface area contributed by atoms with Gasteiger partial charge in [-0.05, 0) is 36.6 Å². The fraction of sp³-hybridized carbons (Fsp3) is 0.273. The van der Waals surface area contributed by atoms with Crippen LogP contribution in [0.15, 0.2) is 18.3 Å². The number of aromatic amines is 1. The van der Waals surface area contributed by atoms with Crippen molar-refractivity contribution in [2.75, 3.05) is 0 Å². The lowest BCUT2D eigenvalue weighted by atomic mass is 10.1. The van der Waals surface area contributed by atoms with E-state index >= 15 is 0 Å². The molecule has 2 aliphatic rings. The van der Waals surface area contributed by atoms with Gasteiger partial charge < -0.3 is 10.1 Å². The van der Waals surface area contributed by atoms with Gasteiger partial charge in [0.15, 0.2) is 0 Å². The second-order valence-corrected chi connectivity index (χ2v) is 3.36. The van der Waals surface area contributed by atoms with Gasteiger partial charge in [-0.25, -0.2) is 0 Å². The van der Waals surface area contributed by atoms with Crippen molar-refractivity contribution >= 4 is 0 Å². The highest BCUT2D eigenvalue weighted by Crippen LogP contribution is 2.35. The molecule has 0 amide bonds. The Morgan fingerprint density at radius 3 is 2.85 bits per heavy atom. The molecule has 0 spiro atoms. The summed E-state index contributed by atoms with van der Waals surface area (Å²) in [6.07, 6.45) is 2.97. The van der Waals surface area contributed by atoms with E-state index in [0.29, 0.717) is 5.75 Å². The van der Waals surface area contributed by atoms with E-state index in [-0.39, 0.29) is 0 Å². The number of fused-ring (bicyclic) bond motifs is 1. The molecule has 2 N–H and O–H groups in total. The van der Waals surface area contributed by atoms with Gasteiger partial charge in [0, 0.05) is 17.5 Å². The van der Waals surface area contributed by atoms with Crippen LogP contribution in [0.2, 0.25) is 0 Å². The van der Waals surface area contributed by atoms with Crippen LogP contribution in [-0.4, -0.2) is 10.1 Å². The van der Waals surface area contributed by atoms with Crippen molar-refractivity contribution in [2.24, 2.45) is 0 Å². The first kappa shape index (κ1) is 8.17. The molecule has 0 aromatic carbocycles. The number of aryl methyl sites for hydroxylation is 2. The Hall–Kier alpha value is -1.44. The molecule has 0 radical (unpaired) electrons. The number of pyridine rings is 1. The van der Waals surface area contributed by atoms with Crippen molar-refractivity contribution in [3.63, 3.8) is 0 Å². The molecule has 2 nitrogen and oxygen atoms in total. The maximum Gasteiger partial charge on any atom is 0.127 e. The summed E-state index contributed by atoms with van der Waals surface area (Å²) in [7, 11) is 0. The first-order valence-electron chi connectivity index (χ1n) is 4.52. The summed E-state index contributed by atoms with van der Waals surface area (Å²) >= 11 is 0. The van der Waals surface area contributed by atoms with E-state index in [2.05, 4.69) is 11.9 Å². The van der Waals surface area contributed by atoms with Gasteiger partial charge in [0.05, 0.1) is 0 Å². The summed E-state index contributed by atoms with van der Waals surface area (Å²) in [5.74, 6) is 0.404. The summed E-state index contributed by atoms with van der Waals surface area (Å²) in [5, 5.41) is 9.70. The molecule has 1 aliphatic carbocycles. The molecule has 0 fully saturated rings. The minimum absolute atomic E-state index is 0.404. The van der Waals surface area contributed by atoms with Gasteiger partial charge in [-0.3, -0.25) is 0 Å². The molecule has 0 saturated carbocycles. The Kier molecular flexibility index (Phi) is 1.76. The predicted octanol–water partition coefficient (Wildman–Crippen LogP) is 2.70. The number of H-pyrrole nitrogens is 1. The van der Waals surface area contributed by atoms with E-state index in [1.54, 1.807) is 0 Å². The van der Waals surface area contributed by atoms with Gasteiger partial charge in [-0.1, -0.05) is 6.92 Å². The van der Waals surface area contributed by atoms with Crippen molar-refractivity contribution in [1.82, 2.24) is 4.98 Å². The van der Waals surface area contributed by atoms with Crippen molar-refractivity contribution in [2.45, 2.75) is 20.3 Å². The summed E-state index contributed by atoms with van der Waals surface area (Å²) < 4.78 is 0. The van der Waals surface area contributed by atoms with Crippen LogP contribution >= 0.6 is 0 Å². The molecule has 0 atom stereocenters. The molecule has 2 heteroatoms. The van der Waals surface area contributed by atoms with Gasteiger partial charge in [0.1, 0.15) is 5.75 Å². The van der Waals surface area contributed by atoms with Crippen molar-refractivity contribution in [1.29, 1.82) is 0 Å². The molecule has 1 aliphatic heterocycles. The molecular formula is C11H13NO. The molecule has 0 unspecified atom stereocenters. The zero-order valence-electron chi connectivity index (χ0n) is 7.89. The Bertz CT molecular complexity index is 399. The van der Waals surface area contributed by atoms with E-state index in [1.807, 2.05) is 25.3 Å². The van der Waals surface area contributed by atoms with E-state index in [0.717, 1.165) is 23.2 Å². The zero-order valence-corrected chi connectivity index (χ0v) is 7.89. The second kappa shape index (κ2) is 2.80. The third-order valence-corrected chi connectivity index (χ3v) is 2.43. The van der Waals surface area contributed by atoms with E-state index in [1.165, 1.54) is 5.56 Å². The number of aromatic hydroxyl groups is 1. The van der Waals surface area contributed by atoms with Crippen LogP contribution in [0.25, 0.3) is 11.3 Å². The first-order chi connectivity index (χ1) is 6.22. The van der Waals surface area contributed by atoms with Crippen LogP contribution in [-0.2, 0) is 6.42 Å². The second-order valence-electron chi connectivity index (χ2n) is 3.36. The molecular weight excluding hydrogens is 162 g/mol. The third kappa shape index (κ3) is 1.18. The lowest BCUT2D eigenvalue weighted by Crippen LogP contribution is -1.85. The quantitative estimate of drug-likeness (QED) is 0.686. The molecule has 1 heterocycles. The molecule has 68 valence electrons. The van der Waals surface area contributed by atoms with Gasteiger partial charge in [-0.15, -0.1) is 0 Å². The molecule has 0 aromatic rings. The molecule has 0 saturated heterocycles. The van der Waals surface area contributed by atoms with E-state index < -0.39 is 0 Å². The van der Waals surface area contributed by atoms with Crippen molar-refractivity contribution < 1.29 is 5.11 Å². The van der Waals surface area contributed by atoms with Gasteiger partial charge in [-0.2, -0.15) is 0 Å². The summed E-state index contributed by atoms with van der Waals surface area (Å²) in [4.78, 5) is 3.17. The minimum Gasteiger partial charge on any atom is -0.507 e. The van der Waals surface area contributed by atoms with Crippen LogP contribution in [0.1, 0.15) is 18.1 Å².